The second-order valence-electron chi connectivity index (χ2n) is 3.13. The van der Waals surface area contributed by atoms with Crippen molar-refractivity contribution in [1.29, 1.82) is 0 Å². The van der Waals surface area contributed by atoms with Gasteiger partial charge >= 0.3 is 0 Å². The van der Waals surface area contributed by atoms with Crippen molar-refractivity contribution in [3.63, 3.8) is 0 Å². The molecule has 2 aromatic heterocycles. The van der Waals surface area contributed by atoms with Crippen LogP contribution in [0.5, 0.6) is 0 Å². The molecule has 0 atom stereocenters. The van der Waals surface area contributed by atoms with E-state index < -0.39 is 0 Å². The van der Waals surface area contributed by atoms with Gasteiger partial charge in [0, 0.05) is 24.4 Å². The summed E-state index contributed by atoms with van der Waals surface area (Å²) in [5.74, 6) is 0.755. The van der Waals surface area contributed by atoms with E-state index in [1.54, 1.807) is 12.4 Å². The molecule has 0 aliphatic carbocycles. The first-order valence-electron chi connectivity index (χ1n) is 4.66. The van der Waals surface area contributed by atoms with Crippen LogP contribution in [-0.2, 0) is 6.42 Å². The van der Waals surface area contributed by atoms with E-state index in [1.165, 1.54) is 0 Å². The van der Waals surface area contributed by atoms with E-state index in [2.05, 4.69) is 15.0 Å². The van der Waals surface area contributed by atoms with Crippen LogP contribution >= 0.6 is 11.6 Å². The van der Waals surface area contributed by atoms with E-state index >= 15 is 0 Å². The Morgan fingerprint density at radius 3 is 2.73 bits per heavy atom. The summed E-state index contributed by atoms with van der Waals surface area (Å²) in [6.45, 7) is 0.553. The molecule has 0 spiro atoms. The standard InChI is InChI=1S/C10H11ClN4/c11-9-8(1-4-12)14-10(15-9)7-2-5-13-6-3-7/h2-3,5-6H,1,4,12H2,(H,14,15). The Bertz CT molecular complexity index is 438. The normalized spacial score (nSPS) is 10.5. The van der Waals surface area contributed by atoms with Crippen molar-refractivity contribution in [2.75, 3.05) is 6.54 Å². The monoisotopic (exact) mass is 222 g/mol. The van der Waals surface area contributed by atoms with Crippen LogP contribution in [0.2, 0.25) is 5.15 Å². The van der Waals surface area contributed by atoms with E-state index in [0.717, 1.165) is 17.1 Å². The fraction of sp³-hybridized carbons (Fsp3) is 0.200. The maximum Gasteiger partial charge on any atom is 0.150 e. The number of imidazole rings is 1. The minimum atomic E-state index is 0.493. The predicted octanol–water partition coefficient (Wildman–Crippen LogP) is 1.63. The Balaban J connectivity index is 2.34. The van der Waals surface area contributed by atoms with Gasteiger partial charge in [0.15, 0.2) is 5.15 Å². The zero-order valence-electron chi connectivity index (χ0n) is 8.07. The molecule has 78 valence electrons. The first-order chi connectivity index (χ1) is 7.31. The maximum atomic E-state index is 5.96. The van der Waals surface area contributed by atoms with Gasteiger partial charge in [0.1, 0.15) is 5.82 Å². The summed E-state index contributed by atoms with van der Waals surface area (Å²) in [4.78, 5) is 11.3. The molecule has 0 aromatic carbocycles. The second-order valence-corrected chi connectivity index (χ2v) is 3.49. The number of aromatic nitrogens is 3. The molecule has 0 amide bonds. The van der Waals surface area contributed by atoms with Gasteiger partial charge in [-0.3, -0.25) is 4.98 Å². The van der Waals surface area contributed by atoms with Gasteiger partial charge in [-0.25, -0.2) is 4.98 Å². The van der Waals surface area contributed by atoms with Crippen molar-refractivity contribution in [3.05, 3.63) is 35.4 Å². The van der Waals surface area contributed by atoms with E-state index in [0.29, 0.717) is 18.1 Å². The van der Waals surface area contributed by atoms with E-state index in [1.807, 2.05) is 12.1 Å². The number of nitrogens with two attached hydrogens (primary N) is 1. The molecule has 2 aromatic rings. The van der Waals surface area contributed by atoms with Crippen LogP contribution in [0.4, 0.5) is 0 Å². The van der Waals surface area contributed by atoms with Gasteiger partial charge < -0.3 is 10.7 Å². The topological polar surface area (TPSA) is 67.6 Å². The number of hydrogen-bond acceptors (Lipinski definition) is 3. The SMILES string of the molecule is NCCc1[nH]c(-c2ccncc2)nc1Cl. The lowest BCUT2D eigenvalue weighted by atomic mass is 10.2. The molecule has 0 aliphatic heterocycles. The van der Waals surface area contributed by atoms with E-state index in [4.69, 9.17) is 17.3 Å². The Morgan fingerprint density at radius 1 is 1.33 bits per heavy atom. The summed E-state index contributed by atoms with van der Waals surface area (Å²) in [5.41, 5.74) is 7.31. The molecule has 0 aliphatic rings. The van der Waals surface area contributed by atoms with Gasteiger partial charge in [-0.1, -0.05) is 11.6 Å². The Hall–Kier alpha value is -1.39. The van der Waals surface area contributed by atoms with E-state index in [9.17, 15) is 0 Å². The number of rotatable bonds is 3. The zero-order valence-corrected chi connectivity index (χ0v) is 8.83. The average molecular weight is 223 g/mol. The molecule has 2 rings (SSSR count). The van der Waals surface area contributed by atoms with E-state index in [-0.39, 0.29) is 0 Å². The van der Waals surface area contributed by atoms with Crippen molar-refractivity contribution in [2.45, 2.75) is 6.42 Å². The second kappa shape index (κ2) is 4.42. The summed E-state index contributed by atoms with van der Waals surface area (Å²) in [5, 5.41) is 0.493. The molecule has 0 fully saturated rings. The molecule has 0 saturated heterocycles. The molecular formula is C10H11ClN4. The summed E-state index contributed by atoms with van der Waals surface area (Å²) in [6, 6.07) is 3.75. The third-order valence-electron chi connectivity index (χ3n) is 2.08. The molecule has 4 nitrogen and oxygen atoms in total. The maximum absolute atomic E-state index is 5.96. The van der Waals surface area contributed by atoms with Gasteiger partial charge in [0.2, 0.25) is 0 Å². The van der Waals surface area contributed by atoms with Crippen molar-refractivity contribution in [2.24, 2.45) is 5.73 Å². The van der Waals surface area contributed by atoms with Crippen molar-refractivity contribution < 1.29 is 0 Å². The molecule has 0 bridgehead atoms. The van der Waals surface area contributed by atoms with Crippen LogP contribution in [0.1, 0.15) is 5.69 Å². The predicted molar refractivity (Wildman–Crippen MR) is 59.6 cm³/mol. The number of H-pyrrole nitrogens is 1. The zero-order chi connectivity index (χ0) is 10.7. The Kier molecular flexibility index (Phi) is 2.99. The molecular weight excluding hydrogens is 212 g/mol. The van der Waals surface area contributed by atoms with Crippen molar-refractivity contribution >= 4 is 11.6 Å². The molecule has 15 heavy (non-hydrogen) atoms. The highest BCUT2D eigenvalue weighted by Gasteiger charge is 2.08. The van der Waals surface area contributed by atoms with Crippen molar-refractivity contribution in [3.8, 4) is 11.4 Å². The van der Waals surface area contributed by atoms with Crippen LogP contribution in [-0.4, -0.2) is 21.5 Å². The van der Waals surface area contributed by atoms with Gasteiger partial charge in [0.25, 0.3) is 0 Å². The number of hydrogen-bond donors (Lipinski definition) is 2. The lowest BCUT2D eigenvalue weighted by molar-refractivity contribution is 0.936. The highest BCUT2D eigenvalue weighted by Crippen LogP contribution is 2.20. The van der Waals surface area contributed by atoms with Gasteiger partial charge in [-0.15, -0.1) is 0 Å². The summed E-state index contributed by atoms with van der Waals surface area (Å²) in [7, 11) is 0. The highest BCUT2D eigenvalue weighted by atomic mass is 35.5. The molecule has 5 heteroatoms. The van der Waals surface area contributed by atoms with Crippen molar-refractivity contribution in [1.82, 2.24) is 15.0 Å². The Morgan fingerprint density at radius 2 is 2.07 bits per heavy atom. The number of nitrogens with zero attached hydrogens (tertiary/aromatic N) is 2. The highest BCUT2D eigenvalue weighted by molar-refractivity contribution is 6.30. The van der Waals surface area contributed by atoms with Crippen LogP contribution in [0.25, 0.3) is 11.4 Å². The first-order valence-corrected chi connectivity index (χ1v) is 5.04. The van der Waals surface area contributed by atoms with Gasteiger partial charge in [-0.05, 0) is 18.7 Å². The van der Waals surface area contributed by atoms with Gasteiger partial charge in [0.05, 0.1) is 5.69 Å². The van der Waals surface area contributed by atoms with Crippen LogP contribution in [0.3, 0.4) is 0 Å². The third-order valence-corrected chi connectivity index (χ3v) is 2.39. The Labute approximate surface area is 92.5 Å². The largest absolute Gasteiger partial charge is 0.341 e. The fourth-order valence-electron chi connectivity index (χ4n) is 1.34. The quantitative estimate of drug-likeness (QED) is 0.830. The number of nitrogens with one attached hydrogen (secondary N) is 1. The minimum absolute atomic E-state index is 0.493. The number of pyridine rings is 1. The molecule has 0 unspecified atom stereocenters. The summed E-state index contributed by atoms with van der Waals surface area (Å²) in [6.07, 6.45) is 4.14. The van der Waals surface area contributed by atoms with Gasteiger partial charge in [-0.2, -0.15) is 0 Å². The summed E-state index contributed by atoms with van der Waals surface area (Å²) >= 11 is 5.96. The minimum Gasteiger partial charge on any atom is -0.341 e. The molecule has 2 heterocycles. The molecule has 0 saturated carbocycles. The first kappa shape index (κ1) is 10.1. The van der Waals surface area contributed by atoms with Crippen LogP contribution < -0.4 is 5.73 Å². The third kappa shape index (κ3) is 2.16. The average Bonchev–Trinajstić information content (AvgIpc) is 2.63. The summed E-state index contributed by atoms with van der Waals surface area (Å²) < 4.78 is 0. The van der Waals surface area contributed by atoms with Crippen LogP contribution in [0, 0.1) is 0 Å². The fourth-order valence-corrected chi connectivity index (χ4v) is 1.57. The molecule has 0 radical (unpaired) electrons. The van der Waals surface area contributed by atoms with Crippen LogP contribution in [0.15, 0.2) is 24.5 Å². The smallest absolute Gasteiger partial charge is 0.150 e. The molecule has 3 N–H and O–H groups in total. The number of halogens is 1. The lowest BCUT2D eigenvalue weighted by Crippen LogP contribution is -2.03. The number of aromatic amines is 1. The lowest BCUT2D eigenvalue weighted by Gasteiger charge is -1.94.